The van der Waals surface area contributed by atoms with Crippen molar-refractivity contribution in [3.05, 3.63) is 41.6 Å². The van der Waals surface area contributed by atoms with Crippen molar-refractivity contribution in [2.75, 3.05) is 5.73 Å². The molecule has 2 N–H and O–H groups in total. The Hall–Kier alpha value is -1.98. The molecule has 1 aromatic carbocycles. The number of hydrogen-bond acceptors (Lipinski definition) is 2. The Kier molecular flexibility index (Phi) is 2.57. The molecular weight excluding hydrogens is 231 g/mol. The molecule has 0 saturated heterocycles. The Balaban J connectivity index is 2.51. The molecule has 0 atom stereocenters. The third kappa shape index (κ3) is 2.11. The molecule has 0 spiro atoms. The molecule has 6 heteroatoms. The highest BCUT2D eigenvalue weighted by Crippen LogP contribution is 2.30. The van der Waals surface area contributed by atoms with E-state index in [4.69, 9.17) is 5.73 Å². The predicted octanol–water partition coefficient (Wildman–Crippen LogP) is 2.78. The number of aromatic nitrogens is 2. The second-order valence-electron chi connectivity index (χ2n) is 3.67. The topological polar surface area (TPSA) is 43.8 Å². The van der Waals surface area contributed by atoms with E-state index < -0.39 is 11.7 Å². The van der Waals surface area contributed by atoms with Gasteiger partial charge >= 0.3 is 6.18 Å². The summed E-state index contributed by atoms with van der Waals surface area (Å²) in [6.07, 6.45) is -2.86. The van der Waals surface area contributed by atoms with Gasteiger partial charge in [0.25, 0.3) is 0 Å². The lowest BCUT2D eigenvalue weighted by atomic mass is 10.2. The van der Waals surface area contributed by atoms with Crippen LogP contribution in [-0.2, 0) is 6.18 Å². The Labute approximate surface area is 95.7 Å². The lowest BCUT2D eigenvalue weighted by Gasteiger charge is -2.09. The van der Waals surface area contributed by atoms with Gasteiger partial charge in [-0.1, -0.05) is 6.07 Å². The molecule has 0 saturated carbocycles. The van der Waals surface area contributed by atoms with Crippen LogP contribution in [-0.4, -0.2) is 9.78 Å². The number of rotatable bonds is 1. The van der Waals surface area contributed by atoms with Crippen molar-refractivity contribution in [2.24, 2.45) is 0 Å². The largest absolute Gasteiger partial charge is 0.416 e. The van der Waals surface area contributed by atoms with Crippen molar-refractivity contribution < 1.29 is 13.2 Å². The number of hydrogen-bond donors (Lipinski definition) is 1. The quantitative estimate of drug-likeness (QED) is 0.834. The molecule has 1 heterocycles. The van der Waals surface area contributed by atoms with Crippen LogP contribution in [0.2, 0.25) is 0 Å². The van der Waals surface area contributed by atoms with Gasteiger partial charge in [0.1, 0.15) is 5.82 Å². The summed E-state index contributed by atoms with van der Waals surface area (Å²) in [5.41, 5.74) is 6.01. The van der Waals surface area contributed by atoms with Crippen LogP contribution >= 0.6 is 0 Å². The van der Waals surface area contributed by atoms with Crippen LogP contribution in [0.4, 0.5) is 19.0 Å². The maximum atomic E-state index is 12.5. The van der Waals surface area contributed by atoms with Gasteiger partial charge in [-0.2, -0.15) is 18.3 Å². The minimum absolute atomic E-state index is 0.297. The highest BCUT2D eigenvalue weighted by molar-refractivity contribution is 5.47. The Morgan fingerprint density at radius 1 is 1.29 bits per heavy atom. The van der Waals surface area contributed by atoms with Gasteiger partial charge in [-0.05, 0) is 25.1 Å². The molecule has 0 unspecified atom stereocenters. The summed E-state index contributed by atoms with van der Waals surface area (Å²) in [7, 11) is 0. The normalized spacial score (nSPS) is 11.8. The van der Waals surface area contributed by atoms with E-state index in [2.05, 4.69) is 5.10 Å². The smallest absolute Gasteiger partial charge is 0.383 e. The molecule has 90 valence electrons. The fourth-order valence-electron chi connectivity index (χ4n) is 1.46. The van der Waals surface area contributed by atoms with Crippen molar-refractivity contribution in [1.82, 2.24) is 9.78 Å². The highest BCUT2D eigenvalue weighted by Gasteiger charge is 2.30. The minimum atomic E-state index is -4.37. The maximum absolute atomic E-state index is 12.5. The molecule has 3 nitrogen and oxygen atoms in total. The summed E-state index contributed by atoms with van der Waals surface area (Å²) in [4.78, 5) is 0. The molecule has 2 aromatic rings. The van der Waals surface area contributed by atoms with E-state index in [1.165, 1.54) is 23.0 Å². The van der Waals surface area contributed by atoms with Gasteiger partial charge in [-0.15, -0.1) is 0 Å². The molecule has 0 aliphatic heterocycles. The molecule has 0 aliphatic carbocycles. The monoisotopic (exact) mass is 241 g/mol. The van der Waals surface area contributed by atoms with E-state index in [0.29, 0.717) is 11.5 Å². The second-order valence-corrected chi connectivity index (χ2v) is 3.67. The Bertz CT molecular complexity index is 543. The predicted molar refractivity (Wildman–Crippen MR) is 57.7 cm³/mol. The van der Waals surface area contributed by atoms with Crippen LogP contribution in [0.1, 0.15) is 11.1 Å². The van der Waals surface area contributed by atoms with Crippen LogP contribution < -0.4 is 5.73 Å². The molecule has 0 radical (unpaired) electrons. The third-order valence-corrected chi connectivity index (χ3v) is 2.42. The second kappa shape index (κ2) is 3.80. The van der Waals surface area contributed by atoms with E-state index in [1.807, 2.05) is 0 Å². The van der Waals surface area contributed by atoms with Crippen LogP contribution in [0.3, 0.4) is 0 Å². The zero-order chi connectivity index (χ0) is 12.6. The molecule has 17 heavy (non-hydrogen) atoms. The molecule has 1 aromatic heterocycles. The zero-order valence-corrected chi connectivity index (χ0v) is 8.99. The minimum Gasteiger partial charge on any atom is -0.383 e. The molecule has 0 aliphatic rings. The number of nitrogen functional groups attached to an aromatic ring is 1. The summed E-state index contributed by atoms with van der Waals surface area (Å²) in [6.45, 7) is 1.74. The summed E-state index contributed by atoms with van der Waals surface area (Å²) in [5.74, 6) is 0.337. The number of nitrogens with two attached hydrogens (primary N) is 1. The van der Waals surface area contributed by atoms with Crippen LogP contribution in [0.15, 0.2) is 30.5 Å². The first-order chi connectivity index (χ1) is 7.89. The van der Waals surface area contributed by atoms with E-state index >= 15 is 0 Å². The number of anilines is 1. The van der Waals surface area contributed by atoms with Gasteiger partial charge < -0.3 is 5.73 Å². The number of halogens is 3. The van der Waals surface area contributed by atoms with Gasteiger partial charge in [0, 0.05) is 5.56 Å². The van der Waals surface area contributed by atoms with Gasteiger partial charge in [0.15, 0.2) is 0 Å². The molecule has 0 amide bonds. The third-order valence-electron chi connectivity index (χ3n) is 2.42. The molecule has 0 bridgehead atoms. The number of benzene rings is 1. The van der Waals surface area contributed by atoms with Gasteiger partial charge in [0.05, 0.1) is 17.4 Å². The average Bonchev–Trinajstić information content (AvgIpc) is 2.59. The van der Waals surface area contributed by atoms with Crippen molar-refractivity contribution in [2.45, 2.75) is 13.1 Å². The highest BCUT2D eigenvalue weighted by atomic mass is 19.4. The number of aryl methyl sites for hydroxylation is 1. The molecular formula is C11H10F3N3. The van der Waals surface area contributed by atoms with Crippen LogP contribution in [0.5, 0.6) is 0 Å². The van der Waals surface area contributed by atoms with E-state index in [0.717, 1.165) is 17.7 Å². The fraction of sp³-hybridized carbons (Fsp3) is 0.182. The lowest BCUT2D eigenvalue weighted by molar-refractivity contribution is -0.137. The van der Waals surface area contributed by atoms with Gasteiger partial charge in [0.2, 0.25) is 0 Å². The van der Waals surface area contributed by atoms with Gasteiger partial charge in [-0.3, -0.25) is 0 Å². The van der Waals surface area contributed by atoms with Crippen molar-refractivity contribution >= 4 is 5.82 Å². The summed E-state index contributed by atoms with van der Waals surface area (Å²) < 4.78 is 38.9. The first kappa shape index (κ1) is 11.5. The van der Waals surface area contributed by atoms with Crippen molar-refractivity contribution in [1.29, 1.82) is 0 Å². The fourth-order valence-corrected chi connectivity index (χ4v) is 1.46. The number of nitrogens with zero attached hydrogens (tertiary/aromatic N) is 2. The summed E-state index contributed by atoms with van der Waals surface area (Å²) >= 11 is 0. The Morgan fingerprint density at radius 2 is 2.00 bits per heavy atom. The zero-order valence-electron chi connectivity index (χ0n) is 8.99. The van der Waals surface area contributed by atoms with Crippen molar-refractivity contribution in [3.8, 4) is 5.69 Å². The molecule has 2 rings (SSSR count). The van der Waals surface area contributed by atoms with Gasteiger partial charge in [-0.25, -0.2) is 4.68 Å². The van der Waals surface area contributed by atoms with E-state index in [1.54, 1.807) is 6.92 Å². The summed E-state index contributed by atoms with van der Waals surface area (Å²) in [5, 5.41) is 3.93. The van der Waals surface area contributed by atoms with E-state index in [9.17, 15) is 13.2 Å². The lowest BCUT2D eigenvalue weighted by Crippen LogP contribution is -2.07. The van der Waals surface area contributed by atoms with Crippen molar-refractivity contribution in [3.63, 3.8) is 0 Å². The SMILES string of the molecule is Cc1cnn(-c2cccc(C(F)(F)F)c2)c1N. The standard InChI is InChI=1S/C11H10F3N3/c1-7-6-16-17(10(7)15)9-4-2-3-8(5-9)11(12,13)14/h2-6H,15H2,1H3. The average molecular weight is 241 g/mol. The first-order valence-corrected chi connectivity index (χ1v) is 4.87. The van der Waals surface area contributed by atoms with Crippen LogP contribution in [0, 0.1) is 6.92 Å². The Morgan fingerprint density at radius 3 is 2.53 bits per heavy atom. The molecule has 0 fully saturated rings. The number of alkyl halides is 3. The van der Waals surface area contributed by atoms with Crippen LogP contribution in [0.25, 0.3) is 5.69 Å². The summed E-state index contributed by atoms with van der Waals surface area (Å²) in [6, 6.07) is 4.88. The first-order valence-electron chi connectivity index (χ1n) is 4.87. The van der Waals surface area contributed by atoms with E-state index in [-0.39, 0.29) is 0 Å². The maximum Gasteiger partial charge on any atom is 0.416 e.